The van der Waals surface area contributed by atoms with Gasteiger partial charge in [0.25, 0.3) is 5.22 Å². The van der Waals surface area contributed by atoms with Gasteiger partial charge >= 0.3 is 0 Å². The van der Waals surface area contributed by atoms with Gasteiger partial charge in [-0.3, -0.25) is 4.79 Å². The van der Waals surface area contributed by atoms with Crippen molar-refractivity contribution in [2.75, 3.05) is 0 Å². The van der Waals surface area contributed by atoms with Gasteiger partial charge in [-0.25, -0.2) is 4.98 Å². The second-order valence-electron chi connectivity index (χ2n) is 7.45. The Morgan fingerprint density at radius 3 is 2.36 bits per heavy atom. The van der Waals surface area contributed by atoms with Gasteiger partial charge < -0.3 is 4.42 Å². The molecule has 4 heteroatoms. The molecule has 0 saturated heterocycles. The third-order valence-electron chi connectivity index (χ3n) is 5.15. The van der Waals surface area contributed by atoms with E-state index in [0.717, 1.165) is 34.9 Å². The molecule has 0 amide bonds. The van der Waals surface area contributed by atoms with E-state index >= 15 is 0 Å². The minimum absolute atomic E-state index is 0.148. The molecule has 1 heterocycles. The summed E-state index contributed by atoms with van der Waals surface area (Å²) in [6.07, 6.45) is 5.55. The monoisotopic (exact) mass is 391 g/mol. The average Bonchev–Trinajstić information content (AvgIpc) is 3.46. The lowest BCUT2D eigenvalue weighted by Crippen LogP contribution is -2.12. The molecular weight excluding hydrogens is 366 g/mol. The van der Waals surface area contributed by atoms with Crippen LogP contribution in [0.3, 0.4) is 0 Å². The first-order chi connectivity index (χ1) is 13.7. The number of ketones is 1. The molecule has 1 aromatic heterocycles. The molecule has 1 unspecified atom stereocenters. The number of nitrogens with zero attached hydrogens (tertiary/aromatic N) is 1. The molecule has 0 N–H and O–H groups in total. The van der Waals surface area contributed by atoms with Gasteiger partial charge in [-0.15, -0.1) is 0 Å². The average molecular weight is 392 g/mol. The van der Waals surface area contributed by atoms with Crippen molar-refractivity contribution in [1.29, 1.82) is 0 Å². The Morgan fingerprint density at radius 2 is 1.71 bits per heavy atom. The number of hydrogen-bond donors (Lipinski definition) is 0. The van der Waals surface area contributed by atoms with E-state index in [2.05, 4.69) is 0 Å². The van der Waals surface area contributed by atoms with Crippen LogP contribution in [0.4, 0.5) is 0 Å². The summed E-state index contributed by atoms with van der Waals surface area (Å²) in [5, 5.41) is 0.408. The Morgan fingerprint density at radius 1 is 1.07 bits per heavy atom. The van der Waals surface area contributed by atoms with E-state index in [-0.39, 0.29) is 11.0 Å². The summed E-state index contributed by atoms with van der Waals surface area (Å²) in [7, 11) is 0. The maximum absolute atomic E-state index is 12.5. The Bertz CT molecular complexity index is 859. The lowest BCUT2D eigenvalue weighted by atomic mass is 10.1. The van der Waals surface area contributed by atoms with Gasteiger partial charge in [0.1, 0.15) is 11.5 Å². The summed E-state index contributed by atoms with van der Waals surface area (Å²) in [5.74, 6) is 1.92. The first-order valence-electron chi connectivity index (χ1n) is 10.0. The topological polar surface area (TPSA) is 43.1 Å². The van der Waals surface area contributed by atoms with Crippen molar-refractivity contribution in [1.82, 2.24) is 4.98 Å². The molecule has 0 spiro atoms. The SMILES string of the molecule is CC(Sc1nc(-c2ccccc2)c(-c2ccccc2)o1)C(=O)CCCC1CC1. The fourth-order valence-electron chi connectivity index (χ4n) is 3.32. The van der Waals surface area contributed by atoms with Crippen LogP contribution >= 0.6 is 11.8 Å². The van der Waals surface area contributed by atoms with Crippen molar-refractivity contribution in [3.8, 4) is 22.6 Å². The molecule has 144 valence electrons. The summed E-state index contributed by atoms with van der Waals surface area (Å²) in [6.45, 7) is 1.96. The molecular formula is C24H25NO2S. The maximum atomic E-state index is 12.5. The number of carbonyl (C=O) groups is 1. The van der Waals surface area contributed by atoms with Crippen LogP contribution in [0.1, 0.15) is 39.0 Å². The zero-order valence-electron chi connectivity index (χ0n) is 16.1. The van der Waals surface area contributed by atoms with E-state index in [4.69, 9.17) is 9.40 Å². The summed E-state index contributed by atoms with van der Waals surface area (Å²) in [5.41, 5.74) is 2.83. The lowest BCUT2D eigenvalue weighted by molar-refractivity contribution is -0.118. The third kappa shape index (κ3) is 4.74. The number of rotatable bonds is 9. The molecule has 3 aromatic rings. The van der Waals surface area contributed by atoms with Crippen molar-refractivity contribution in [3.63, 3.8) is 0 Å². The maximum Gasteiger partial charge on any atom is 0.257 e. The zero-order valence-corrected chi connectivity index (χ0v) is 17.0. The molecule has 0 radical (unpaired) electrons. The molecule has 1 saturated carbocycles. The van der Waals surface area contributed by atoms with E-state index < -0.39 is 0 Å². The van der Waals surface area contributed by atoms with Gasteiger partial charge in [-0.2, -0.15) is 0 Å². The van der Waals surface area contributed by atoms with Crippen LogP contribution in [0, 0.1) is 5.92 Å². The van der Waals surface area contributed by atoms with Crippen LogP contribution in [-0.4, -0.2) is 16.0 Å². The highest BCUT2D eigenvalue weighted by atomic mass is 32.2. The number of carbonyl (C=O) groups excluding carboxylic acids is 1. The van der Waals surface area contributed by atoms with E-state index in [1.165, 1.54) is 31.0 Å². The van der Waals surface area contributed by atoms with Crippen LogP contribution in [0.2, 0.25) is 0 Å². The Labute approximate surface area is 170 Å². The summed E-state index contributed by atoms with van der Waals surface area (Å²) in [4.78, 5) is 17.2. The molecule has 4 rings (SSSR count). The largest absolute Gasteiger partial charge is 0.431 e. The highest BCUT2D eigenvalue weighted by molar-refractivity contribution is 8.00. The van der Waals surface area contributed by atoms with E-state index in [9.17, 15) is 4.79 Å². The number of Topliss-reactive ketones (excluding diaryl/α,β-unsaturated/α-hetero) is 1. The Balaban J connectivity index is 1.52. The van der Waals surface area contributed by atoms with Gasteiger partial charge in [0.05, 0.1) is 5.25 Å². The predicted octanol–water partition coefficient (Wildman–Crippen LogP) is 6.64. The normalized spacial score (nSPS) is 14.8. The standard InChI is InChI=1S/C24H25NO2S/c1-17(21(26)14-8-9-18-15-16-18)28-24-25-22(19-10-4-2-5-11-19)23(27-24)20-12-6-3-7-13-20/h2-7,10-13,17-18H,8-9,14-16H2,1H3. The Kier molecular flexibility index (Phi) is 5.96. The van der Waals surface area contributed by atoms with Crippen molar-refractivity contribution in [2.45, 2.75) is 49.5 Å². The van der Waals surface area contributed by atoms with E-state index in [1.54, 1.807) is 0 Å². The van der Waals surface area contributed by atoms with Crippen molar-refractivity contribution in [3.05, 3.63) is 60.7 Å². The minimum atomic E-state index is -0.148. The highest BCUT2D eigenvalue weighted by Gasteiger charge is 2.24. The fraction of sp³-hybridized carbons (Fsp3) is 0.333. The summed E-state index contributed by atoms with van der Waals surface area (Å²) < 4.78 is 6.13. The molecule has 1 atom stereocenters. The van der Waals surface area contributed by atoms with E-state index in [1.807, 2.05) is 67.6 Å². The second kappa shape index (κ2) is 8.78. The second-order valence-corrected chi connectivity index (χ2v) is 8.74. The quantitative estimate of drug-likeness (QED) is 0.384. The van der Waals surface area contributed by atoms with Crippen molar-refractivity contribution in [2.24, 2.45) is 5.92 Å². The van der Waals surface area contributed by atoms with Crippen LogP contribution in [0.15, 0.2) is 70.3 Å². The number of oxazole rings is 1. The number of benzene rings is 2. The van der Waals surface area contributed by atoms with Crippen molar-refractivity contribution >= 4 is 17.5 Å². The zero-order chi connectivity index (χ0) is 19.3. The molecule has 0 aliphatic heterocycles. The molecule has 2 aromatic carbocycles. The van der Waals surface area contributed by atoms with Gasteiger partial charge in [0.15, 0.2) is 5.76 Å². The molecule has 28 heavy (non-hydrogen) atoms. The van der Waals surface area contributed by atoms with Gasteiger partial charge in [0.2, 0.25) is 0 Å². The van der Waals surface area contributed by atoms with Crippen LogP contribution in [-0.2, 0) is 4.79 Å². The van der Waals surface area contributed by atoms with E-state index in [0.29, 0.717) is 11.6 Å². The minimum Gasteiger partial charge on any atom is -0.431 e. The van der Waals surface area contributed by atoms with Crippen molar-refractivity contribution < 1.29 is 9.21 Å². The van der Waals surface area contributed by atoms with Gasteiger partial charge in [-0.1, -0.05) is 91.7 Å². The lowest BCUT2D eigenvalue weighted by Gasteiger charge is -2.07. The van der Waals surface area contributed by atoms with Crippen LogP contribution in [0.25, 0.3) is 22.6 Å². The number of thioether (sulfide) groups is 1. The third-order valence-corrected chi connectivity index (χ3v) is 6.15. The highest BCUT2D eigenvalue weighted by Crippen LogP contribution is 2.37. The first kappa shape index (κ1) is 19.0. The Hall–Kier alpha value is -2.33. The first-order valence-corrected chi connectivity index (χ1v) is 10.9. The number of hydrogen-bond acceptors (Lipinski definition) is 4. The molecule has 1 fully saturated rings. The fourth-order valence-corrected chi connectivity index (χ4v) is 4.15. The summed E-state index contributed by atoms with van der Waals surface area (Å²) in [6, 6.07) is 20.1. The number of aromatic nitrogens is 1. The smallest absolute Gasteiger partial charge is 0.257 e. The van der Waals surface area contributed by atoms with Crippen LogP contribution in [0.5, 0.6) is 0 Å². The molecule has 0 bridgehead atoms. The van der Waals surface area contributed by atoms with Gasteiger partial charge in [-0.05, 0) is 19.3 Å². The summed E-state index contributed by atoms with van der Waals surface area (Å²) >= 11 is 1.42. The van der Waals surface area contributed by atoms with Gasteiger partial charge in [0, 0.05) is 17.5 Å². The molecule has 3 nitrogen and oxygen atoms in total. The predicted molar refractivity (Wildman–Crippen MR) is 114 cm³/mol. The van der Waals surface area contributed by atoms with Crippen LogP contribution < -0.4 is 0 Å². The molecule has 1 aliphatic rings. The molecule has 1 aliphatic carbocycles.